The first-order valence-electron chi connectivity index (χ1n) is 12.8. The molecule has 1 aliphatic heterocycles. The van der Waals surface area contributed by atoms with Gasteiger partial charge in [0, 0.05) is 35.8 Å². The first-order valence-corrected chi connectivity index (χ1v) is 15.4. The van der Waals surface area contributed by atoms with Crippen LogP contribution in [0.5, 0.6) is 0 Å². The highest BCUT2D eigenvalue weighted by Gasteiger charge is 2.33. The second-order valence-electron chi connectivity index (χ2n) is 10.1. The predicted octanol–water partition coefficient (Wildman–Crippen LogP) is 3.27. The zero-order valence-electron chi connectivity index (χ0n) is 20.8. The average molecular weight is 610 g/mol. The molecule has 2 N–H and O–H groups in total. The second-order valence-corrected chi connectivity index (χ2v) is 13.2. The molecule has 0 unspecified atom stereocenters. The molecule has 1 saturated heterocycles. The van der Waals surface area contributed by atoms with Gasteiger partial charge in [-0.05, 0) is 66.2 Å². The van der Waals surface area contributed by atoms with Crippen LogP contribution in [0.25, 0.3) is 27.6 Å². The maximum absolute atomic E-state index is 12.8. The first-order chi connectivity index (χ1) is 18.8. The van der Waals surface area contributed by atoms with E-state index in [1.165, 1.54) is 0 Å². The van der Waals surface area contributed by atoms with Crippen molar-refractivity contribution in [1.82, 2.24) is 30.0 Å². The summed E-state index contributed by atoms with van der Waals surface area (Å²) >= 11 is 3.50. The first kappa shape index (κ1) is 25.6. The van der Waals surface area contributed by atoms with Crippen molar-refractivity contribution in [3.8, 4) is 11.8 Å². The van der Waals surface area contributed by atoms with Gasteiger partial charge in [0.25, 0.3) is 0 Å². The molecule has 6 rings (SSSR count). The lowest BCUT2D eigenvalue weighted by Crippen LogP contribution is -2.43. The molecule has 4 aromatic rings. The van der Waals surface area contributed by atoms with Crippen molar-refractivity contribution in [2.24, 2.45) is 5.92 Å². The number of carbonyl (C=O) groups excluding carboxylic acids is 1. The molecule has 0 radical (unpaired) electrons. The van der Waals surface area contributed by atoms with E-state index in [9.17, 15) is 18.5 Å². The molecule has 4 heterocycles. The standard InChI is InChI=1S/C26H25BrN8O3S/c27-23-21-14-30-26(32-19-4-3-16(10-19)25(36)31-18-5-8-39(37,38)9-6-18)33-24(21)35(34-23)20-11-15-2-1-7-29-22(15)17(12-20)13-28/h1-2,7,11-12,14,16,18-19H,3-6,8-10H2,(H,31,36)(H,30,32,33)/t16-,19-/m1/s1. The number of nitrogens with one attached hydrogen (secondary N) is 2. The number of sulfone groups is 1. The summed E-state index contributed by atoms with van der Waals surface area (Å²) in [4.78, 5) is 26.4. The summed E-state index contributed by atoms with van der Waals surface area (Å²) in [5, 5.41) is 22.3. The summed E-state index contributed by atoms with van der Waals surface area (Å²) in [7, 11) is -2.96. The second kappa shape index (κ2) is 10.2. The maximum Gasteiger partial charge on any atom is 0.224 e. The maximum atomic E-state index is 12.8. The molecular weight excluding hydrogens is 584 g/mol. The van der Waals surface area contributed by atoms with Gasteiger partial charge in [0.05, 0.1) is 33.7 Å². The molecular formula is C26H25BrN8O3S. The third-order valence-electron chi connectivity index (χ3n) is 7.47. The van der Waals surface area contributed by atoms with E-state index in [0.29, 0.717) is 52.2 Å². The number of aromatic nitrogens is 5. The zero-order chi connectivity index (χ0) is 27.1. The number of carbonyl (C=O) groups is 1. The Labute approximate surface area is 233 Å². The van der Waals surface area contributed by atoms with Gasteiger partial charge in [0.15, 0.2) is 5.65 Å². The van der Waals surface area contributed by atoms with Crippen LogP contribution in [-0.4, -0.2) is 62.6 Å². The summed E-state index contributed by atoms with van der Waals surface area (Å²) in [5.41, 5.74) is 2.33. The molecule has 200 valence electrons. The van der Waals surface area contributed by atoms with Gasteiger partial charge in [-0.25, -0.2) is 18.1 Å². The molecule has 1 saturated carbocycles. The van der Waals surface area contributed by atoms with E-state index in [2.05, 4.69) is 47.7 Å². The molecule has 0 spiro atoms. The lowest BCUT2D eigenvalue weighted by Gasteiger charge is -2.24. The summed E-state index contributed by atoms with van der Waals surface area (Å²) in [5.74, 6) is 0.546. The molecule has 39 heavy (non-hydrogen) atoms. The highest BCUT2D eigenvalue weighted by Crippen LogP contribution is 2.30. The number of hydrogen-bond acceptors (Lipinski definition) is 9. The molecule has 1 aliphatic carbocycles. The van der Waals surface area contributed by atoms with E-state index < -0.39 is 9.84 Å². The lowest BCUT2D eigenvalue weighted by atomic mass is 10.1. The fraction of sp³-hybridized carbons (Fsp3) is 0.385. The number of hydrogen-bond donors (Lipinski definition) is 2. The van der Waals surface area contributed by atoms with Crippen molar-refractivity contribution in [3.63, 3.8) is 0 Å². The van der Waals surface area contributed by atoms with E-state index in [1.807, 2.05) is 18.2 Å². The van der Waals surface area contributed by atoms with Crippen molar-refractivity contribution in [2.75, 3.05) is 16.8 Å². The smallest absolute Gasteiger partial charge is 0.224 e. The fourth-order valence-electron chi connectivity index (χ4n) is 5.39. The number of fused-ring (bicyclic) bond motifs is 2. The summed E-state index contributed by atoms with van der Waals surface area (Å²) in [6, 6.07) is 9.55. The predicted molar refractivity (Wildman–Crippen MR) is 149 cm³/mol. The minimum absolute atomic E-state index is 0.0129. The number of rotatable bonds is 5. The quantitative estimate of drug-likeness (QED) is 0.347. The van der Waals surface area contributed by atoms with Gasteiger partial charge in [-0.1, -0.05) is 6.07 Å². The van der Waals surface area contributed by atoms with E-state index in [-0.39, 0.29) is 35.4 Å². The Morgan fingerprint density at radius 1 is 1.13 bits per heavy atom. The monoisotopic (exact) mass is 608 g/mol. The largest absolute Gasteiger partial charge is 0.353 e. The number of anilines is 1. The Hall–Kier alpha value is -3.63. The molecule has 1 aromatic carbocycles. The van der Waals surface area contributed by atoms with E-state index >= 15 is 0 Å². The van der Waals surface area contributed by atoms with Crippen molar-refractivity contribution in [2.45, 2.75) is 44.2 Å². The van der Waals surface area contributed by atoms with E-state index in [4.69, 9.17) is 4.98 Å². The van der Waals surface area contributed by atoms with Crippen LogP contribution < -0.4 is 10.6 Å². The van der Waals surface area contributed by atoms with Gasteiger partial charge in [0.2, 0.25) is 11.9 Å². The van der Waals surface area contributed by atoms with Crippen LogP contribution in [0.2, 0.25) is 0 Å². The summed E-state index contributed by atoms with van der Waals surface area (Å²) in [6.45, 7) is 0. The molecule has 13 heteroatoms. The average Bonchev–Trinajstić information content (AvgIpc) is 3.53. The van der Waals surface area contributed by atoms with Crippen LogP contribution in [0.4, 0.5) is 5.95 Å². The zero-order valence-corrected chi connectivity index (χ0v) is 23.2. The van der Waals surface area contributed by atoms with Gasteiger partial charge in [-0.2, -0.15) is 15.3 Å². The Bertz CT molecular complexity index is 1740. The SMILES string of the molecule is N#Cc1cc(-n2nc(Br)c3cnc(N[C@@H]4CC[C@@H](C(=O)NC5CCS(=O)(=O)CC5)C4)nc32)cc2cccnc12. The Morgan fingerprint density at radius 3 is 2.74 bits per heavy atom. The number of halogens is 1. The molecule has 2 atom stereocenters. The third-order valence-corrected chi connectivity index (χ3v) is 9.77. The summed E-state index contributed by atoms with van der Waals surface area (Å²) in [6.07, 6.45) is 6.49. The van der Waals surface area contributed by atoms with Gasteiger partial charge < -0.3 is 10.6 Å². The lowest BCUT2D eigenvalue weighted by molar-refractivity contribution is -0.125. The number of nitriles is 1. The minimum Gasteiger partial charge on any atom is -0.353 e. The normalized spacial score (nSPS) is 21.1. The molecule has 1 amide bonds. The highest BCUT2D eigenvalue weighted by molar-refractivity contribution is 9.10. The highest BCUT2D eigenvalue weighted by atomic mass is 79.9. The molecule has 2 fully saturated rings. The van der Waals surface area contributed by atoms with Crippen molar-refractivity contribution in [1.29, 1.82) is 5.26 Å². The Balaban J connectivity index is 1.19. The Morgan fingerprint density at radius 2 is 1.95 bits per heavy atom. The van der Waals surface area contributed by atoms with Crippen LogP contribution in [-0.2, 0) is 14.6 Å². The Kier molecular flexibility index (Phi) is 6.68. The van der Waals surface area contributed by atoms with Crippen molar-refractivity contribution in [3.05, 3.63) is 46.8 Å². The molecule has 2 aliphatic rings. The van der Waals surface area contributed by atoms with Gasteiger partial charge in [-0.15, -0.1) is 0 Å². The van der Waals surface area contributed by atoms with Gasteiger partial charge in [-0.3, -0.25) is 9.78 Å². The van der Waals surface area contributed by atoms with Crippen molar-refractivity contribution < 1.29 is 13.2 Å². The van der Waals surface area contributed by atoms with Crippen molar-refractivity contribution >= 4 is 59.6 Å². The topological polar surface area (TPSA) is 156 Å². The fourth-order valence-corrected chi connectivity index (χ4v) is 7.32. The number of pyridine rings is 1. The van der Waals surface area contributed by atoms with Crippen LogP contribution in [0, 0.1) is 17.2 Å². The molecule has 11 nitrogen and oxygen atoms in total. The molecule has 3 aromatic heterocycles. The molecule has 0 bridgehead atoms. The number of nitrogens with zero attached hydrogens (tertiary/aromatic N) is 6. The summed E-state index contributed by atoms with van der Waals surface area (Å²) < 4.78 is 25.6. The van der Waals surface area contributed by atoms with Crippen LogP contribution in [0.3, 0.4) is 0 Å². The third kappa shape index (κ3) is 5.18. The van der Waals surface area contributed by atoms with Gasteiger partial charge >= 0.3 is 0 Å². The number of amides is 1. The minimum atomic E-state index is -2.96. The van der Waals surface area contributed by atoms with Gasteiger partial charge in [0.1, 0.15) is 20.5 Å². The van der Waals surface area contributed by atoms with Crippen LogP contribution >= 0.6 is 15.9 Å². The van der Waals surface area contributed by atoms with Crippen LogP contribution in [0.1, 0.15) is 37.7 Å². The van der Waals surface area contributed by atoms with E-state index in [0.717, 1.165) is 23.6 Å². The van der Waals surface area contributed by atoms with E-state index in [1.54, 1.807) is 23.1 Å². The van der Waals surface area contributed by atoms with Crippen LogP contribution in [0.15, 0.2) is 41.3 Å². The number of benzene rings is 1.